The number of hydrogen-bond donors (Lipinski definition) is 0. The van der Waals surface area contributed by atoms with E-state index in [4.69, 9.17) is 0 Å². The van der Waals surface area contributed by atoms with Crippen molar-refractivity contribution in [1.29, 1.82) is 0 Å². The third-order valence-corrected chi connectivity index (χ3v) is 5.75. The fraction of sp³-hybridized carbons (Fsp3) is 0.231. The molecule has 2 aromatic rings. The largest absolute Gasteiger partial charge is 0.129 e. The molecule has 0 spiro atoms. The van der Waals surface area contributed by atoms with Gasteiger partial charge in [0.25, 0.3) is 0 Å². The molecule has 2 rings (SSSR count). The molecule has 0 N–H and O–H groups in total. The topological polar surface area (TPSA) is 0 Å². The molecule has 0 saturated heterocycles. The van der Waals surface area contributed by atoms with E-state index in [1.807, 2.05) is 30.3 Å². The lowest BCUT2D eigenvalue weighted by Crippen LogP contribution is -2.18. The van der Waals surface area contributed by atoms with Crippen molar-refractivity contribution in [2.45, 2.75) is 39.3 Å². The van der Waals surface area contributed by atoms with Crippen LogP contribution in [-0.4, -0.2) is 16.1 Å². The first kappa shape index (κ1) is 21.8. The van der Waals surface area contributed by atoms with Gasteiger partial charge in [0.05, 0.1) is 8.07 Å². The summed E-state index contributed by atoms with van der Waals surface area (Å²) in [5.74, 6) is 3.52. The van der Waals surface area contributed by atoms with E-state index in [1.54, 1.807) is 0 Å². The second-order valence-corrected chi connectivity index (χ2v) is 18.8. The van der Waals surface area contributed by atoms with Gasteiger partial charge in [-0.15, -0.1) is 5.54 Å². The highest BCUT2D eigenvalue weighted by molar-refractivity contribution is 6.84. The fourth-order valence-corrected chi connectivity index (χ4v) is 4.09. The van der Waals surface area contributed by atoms with E-state index in [1.165, 1.54) is 0 Å². The van der Waals surface area contributed by atoms with Crippen LogP contribution in [0.5, 0.6) is 0 Å². The molecule has 0 nitrogen and oxygen atoms in total. The summed E-state index contributed by atoms with van der Waals surface area (Å²) in [6.45, 7) is 13.9. The molecule has 2 aromatic carbocycles. The first-order valence-corrected chi connectivity index (χ1v) is 16.8. The quantitative estimate of drug-likeness (QED) is 0.221. The predicted molar refractivity (Wildman–Crippen MR) is 130 cm³/mol. The molecule has 0 aliphatic rings. The maximum atomic E-state index is 3.55. The molecule has 0 aliphatic heterocycles. The first-order chi connectivity index (χ1) is 13.1. The van der Waals surface area contributed by atoms with Crippen molar-refractivity contribution in [1.82, 2.24) is 0 Å². The molecule has 28 heavy (non-hydrogen) atoms. The highest BCUT2D eigenvalue weighted by Gasteiger charge is 2.15. The third kappa shape index (κ3) is 8.01. The van der Waals surface area contributed by atoms with E-state index in [2.05, 4.69) is 104 Å². The molecular formula is C26H30Si2. The average Bonchev–Trinajstić information content (AvgIpc) is 2.62. The third-order valence-electron chi connectivity index (χ3n) is 3.72. The van der Waals surface area contributed by atoms with Gasteiger partial charge in [-0.25, -0.2) is 0 Å². The predicted octanol–water partition coefficient (Wildman–Crippen LogP) is 7.22. The van der Waals surface area contributed by atoms with Gasteiger partial charge in [-0.05, 0) is 17.2 Å². The molecule has 0 aliphatic carbocycles. The molecule has 0 heterocycles. The minimum absolute atomic E-state index is 1.03. The van der Waals surface area contributed by atoms with Crippen LogP contribution in [0, 0.1) is 11.5 Å². The van der Waals surface area contributed by atoms with E-state index in [9.17, 15) is 0 Å². The van der Waals surface area contributed by atoms with Crippen molar-refractivity contribution >= 4 is 27.8 Å². The van der Waals surface area contributed by atoms with Crippen LogP contribution in [0.3, 0.4) is 0 Å². The number of hydrogen-bond acceptors (Lipinski definition) is 0. The zero-order chi connectivity index (χ0) is 20.6. The van der Waals surface area contributed by atoms with Crippen molar-refractivity contribution in [3.8, 4) is 11.5 Å². The van der Waals surface area contributed by atoms with Gasteiger partial charge in [0.1, 0.15) is 8.07 Å². The Morgan fingerprint density at radius 3 is 1.89 bits per heavy atom. The van der Waals surface area contributed by atoms with Gasteiger partial charge in [0.2, 0.25) is 0 Å². The van der Waals surface area contributed by atoms with Gasteiger partial charge in [0, 0.05) is 11.1 Å². The van der Waals surface area contributed by atoms with E-state index in [-0.39, 0.29) is 0 Å². The summed E-state index contributed by atoms with van der Waals surface area (Å²) in [5, 5.41) is 0. The lowest BCUT2D eigenvalue weighted by molar-refractivity contribution is 1.59. The molecule has 0 fully saturated rings. The molecule has 0 amide bonds. The molecule has 142 valence electrons. The van der Waals surface area contributed by atoms with E-state index in [0.29, 0.717) is 0 Å². The number of benzene rings is 2. The summed E-state index contributed by atoms with van der Waals surface area (Å²) in [7, 11) is -2.95. The van der Waals surface area contributed by atoms with Gasteiger partial charge < -0.3 is 0 Å². The molecule has 0 aromatic heterocycles. The zero-order valence-corrected chi connectivity index (χ0v) is 19.9. The van der Waals surface area contributed by atoms with Crippen LogP contribution in [0.2, 0.25) is 39.3 Å². The molecule has 0 atom stereocenters. The second kappa shape index (κ2) is 9.60. The van der Waals surface area contributed by atoms with Crippen molar-refractivity contribution in [2.24, 2.45) is 0 Å². The SMILES string of the molecule is C[Si](C)(C)C#CC(=C[Si](C)(C)C)C(=C=C=Cc1ccccc1)c1ccccc1. The van der Waals surface area contributed by atoms with Crippen molar-refractivity contribution < 1.29 is 0 Å². The van der Waals surface area contributed by atoms with Crippen LogP contribution in [-0.2, 0) is 0 Å². The van der Waals surface area contributed by atoms with Crippen LogP contribution in [0.1, 0.15) is 11.1 Å². The smallest absolute Gasteiger partial charge is 0.127 e. The number of allylic oxidation sites excluding steroid dienone is 2. The van der Waals surface area contributed by atoms with Crippen LogP contribution >= 0.6 is 0 Å². The summed E-state index contributed by atoms with van der Waals surface area (Å²) >= 11 is 0. The Balaban J connectivity index is 2.70. The second-order valence-electron chi connectivity index (χ2n) is 8.99. The van der Waals surface area contributed by atoms with Gasteiger partial charge in [-0.1, -0.05) is 123 Å². The molecule has 0 unspecified atom stereocenters. The van der Waals surface area contributed by atoms with Crippen molar-refractivity contribution in [2.75, 3.05) is 0 Å². The highest BCUT2D eigenvalue weighted by Crippen LogP contribution is 2.24. The lowest BCUT2D eigenvalue weighted by atomic mass is 10.0. The molecule has 0 saturated carbocycles. The zero-order valence-electron chi connectivity index (χ0n) is 17.9. The maximum Gasteiger partial charge on any atom is 0.129 e. The van der Waals surface area contributed by atoms with Crippen LogP contribution in [0.15, 0.2) is 83.4 Å². The van der Waals surface area contributed by atoms with E-state index < -0.39 is 16.1 Å². The Hall–Kier alpha value is -2.53. The Morgan fingerprint density at radius 2 is 1.36 bits per heavy atom. The summed E-state index contributed by atoms with van der Waals surface area (Å²) in [4.78, 5) is 0. The van der Waals surface area contributed by atoms with Crippen LogP contribution in [0.25, 0.3) is 11.6 Å². The standard InChI is InChI=1S/C26H30Si2/c1-27(2,3)21-20-25(22-28(4,5)6)26(24-17-11-8-12-18-24)19-13-16-23-14-9-7-10-15-23/h7-12,14-18,22H,1-6H3. The number of rotatable bonds is 4. The minimum Gasteiger partial charge on any atom is -0.127 e. The maximum absolute atomic E-state index is 3.55. The Kier molecular flexibility index (Phi) is 7.47. The summed E-state index contributed by atoms with van der Waals surface area (Å²) in [5.41, 5.74) is 17.0. The lowest BCUT2D eigenvalue weighted by Gasteiger charge is -2.13. The van der Waals surface area contributed by atoms with Gasteiger partial charge in [-0.3, -0.25) is 0 Å². The summed E-state index contributed by atoms with van der Waals surface area (Å²) < 4.78 is 0. The first-order valence-electron chi connectivity index (χ1n) is 9.73. The molecule has 2 heteroatoms. The van der Waals surface area contributed by atoms with Crippen molar-refractivity contribution in [3.63, 3.8) is 0 Å². The van der Waals surface area contributed by atoms with Crippen molar-refractivity contribution in [3.05, 3.63) is 94.5 Å². The fourth-order valence-electron chi connectivity index (χ4n) is 2.50. The van der Waals surface area contributed by atoms with Crippen LogP contribution < -0.4 is 0 Å². The van der Waals surface area contributed by atoms with Gasteiger partial charge in [-0.2, -0.15) is 0 Å². The summed E-state index contributed by atoms with van der Waals surface area (Å²) in [6, 6.07) is 20.7. The normalized spacial score (nSPS) is 11.6. The summed E-state index contributed by atoms with van der Waals surface area (Å²) in [6.07, 6.45) is 1.97. The minimum atomic E-state index is -1.48. The molecule has 0 radical (unpaired) electrons. The highest BCUT2D eigenvalue weighted by atomic mass is 28.3. The Labute approximate surface area is 173 Å². The Morgan fingerprint density at radius 1 is 0.786 bits per heavy atom. The Bertz CT molecular complexity index is 974. The molecular weight excluding hydrogens is 368 g/mol. The van der Waals surface area contributed by atoms with E-state index >= 15 is 0 Å². The monoisotopic (exact) mass is 398 g/mol. The molecule has 0 bridgehead atoms. The van der Waals surface area contributed by atoms with E-state index in [0.717, 1.165) is 22.3 Å². The van der Waals surface area contributed by atoms with Crippen LogP contribution in [0.4, 0.5) is 0 Å². The average molecular weight is 399 g/mol. The van der Waals surface area contributed by atoms with Gasteiger partial charge in [0.15, 0.2) is 0 Å². The van der Waals surface area contributed by atoms with Gasteiger partial charge >= 0.3 is 0 Å².